The summed E-state index contributed by atoms with van der Waals surface area (Å²) in [6.07, 6.45) is 0. The first-order valence-corrected chi connectivity index (χ1v) is 6.33. The summed E-state index contributed by atoms with van der Waals surface area (Å²) in [5.41, 5.74) is 0. The van der Waals surface area contributed by atoms with Gasteiger partial charge in [-0.05, 0) is 6.04 Å². The van der Waals surface area contributed by atoms with Crippen molar-refractivity contribution in [3.05, 3.63) is 0 Å². The van der Waals surface area contributed by atoms with E-state index in [0.717, 1.165) is 10.5 Å². The lowest BCUT2D eigenvalue weighted by Gasteiger charge is -2.06. The molecule has 0 heterocycles. The maximum atomic E-state index is 5.27. The molecule has 0 bridgehead atoms. The van der Waals surface area contributed by atoms with Gasteiger partial charge >= 0.3 is 0 Å². The third-order valence-electron chi connectivity index (χ3n) is 0.795. The minimum absolute atomic E-state index is 0.438. The SMILES string of the molecule is CC(C)N[SiH2]O[SiH2]O[SiH3]. The van der Waals surface area contributed by atoms with E-state index in [1.54, 1.807) is 0 Å². The highest BCUT2D eigenvalue weighted by molar-refractivity contribution is 6.40. The lowest BCUT2D eigenvalue weighted by atomic mass is 10.4. The van der Waals surface area contributed by atoms with E-state index >= 15 is 0 Å². The Hall–Kier alpha value is 0.531. The van der Waals surface area contributed by atoms with Gasteiger partial charge in [0.15, 0.2) is 0 Å². The summed E-state index contributed by atoms with van der Waals surface area (Å²) < 4.78 is 10.2. The molecule has 0 aromatic carbocycles. The van der Waals surface area contributed by atoms with Crippen LogP contribution in [0.15, 0.2) is 0 Å². The van der Waals surface area contributed by atoms with Gasteiger partial charge in [0.2, 0.25) is 9.92 Å². The zero-order valence-electron chi connectivity index (χ0n) is 6.31. The van der Waals surface area contributed by atoms with Crippen molar-refractivity contribution in [3.8, 4) is 0 Å². The van der Waals surface area contributed by atoms with Crippen molar-refractivity contribution in [1.82, 2.24) is 4.98 Å². The van der Waals surface area contributed by atoms with Crippen LogP contribution >= 0.6 is 0 Å². The minimum Gasteiger partial charge on any atom is -0.449 e. The monoisotopic (exact) mass is 181 g/mol. The third kappa shape index (κ3) is 8.53. The van der Waals surface area contributed by atoms with E-state index in [0.29, 0.717) is 6.04 Å². The molecule has 0 aromatic rings. The fourth-order valence-corrected chi connectivity index (χ4v) is 3.66. The molecule has 0 fully saturated rings. The fourth-order valence-electron chi connectivity index (χ4n) is 0.351. The van der Waals surface area contributed by atoms with Gasteiger partial charge in [0.05, 0.1) is 0 Å². The van der Waals surface area contributed by atoms with Crippen molar-refractivity contribution in [2.75, 3.05) is 0 Å². The van der Waals surface area contributed by atoms with E-state index in [-0.39, 0.29) is 0 Å². The minimum atomic E-state index is -0.560. The van der Waals surface area contributed by atoms with Crippen molar-refractivity contribution in [2.45, 2.75) is 19.9 Å². The summed E-state index contributed by atoms with van der Waals surface area (Å²) in [6, 6.07) is 0.569. The molecular weight excluding hydrogens is 166 g/mol. The Morgan fingerprint density at radius 2 is 2.22 bits per heavy atom. The predicted octanol–water partition coefficient (Wildman–Crippen LogP) is -2.70. The molecule has 0 saturated carbocycles. The molecule has 0 aliphatic heterocycles. The highest BCUT2D eigenvalue weighted by Gasteiger charge is 1.90. The molecule has 1 N–H and O–H groups in total. The Bertz CT molecular complexity index is 63.0. The summed E-state index contributed by atoms with van der Waals surface area (Å²) >= 11 is 0. The van der Waals surface area contributed by atoms with Crippen molar-refractivity contribution < 1.29 is 8.23 Å². The molecule has 0 unspecified atom stereocenters. The van der Waals surface area contributed by atoms with Crippen LogP contribution in [0.4, 0.5) is 0 Å². The molecule has 0 aliphatic carbocycles. The summed E-state index contributed by atoms with van der Waals surface area (Å²) in [5, 5.41) is 0. The quantitative estimate of drug-likeness (QED) is 0.370. The summed E-state index contributed by atoms with van der Waals surface area (Å²) in [7, 11) is -0.165. The van der Waals surface area contributed by atoms with Crippen LogP contribution in [0.3, 0.4) is 0 Å². The van der Waals surface area contributed by atoms with Gasteiger partial charge in [-0.15, -0.1) is 0 Å². The van der Waals surface area contributed by atoms with Crippen LogP contribution in [0.1, 0.15) is 13.8 Å². The normalized spacial score (nSPS) is 13.7. The Kier molecular flexibility index (Phi) is 7.04. The maximum absolute atomic E-state index is 5.27. The van der Waals surface area contributed by atoms with Crippen LogP contribution in [0.5, 0.6) is 0 Å². The Balaban J connectivity index is 2.75. The van der Waals surface area contributed by atoms with Gasteiger partial charge in [-0.1, -0.05) is 13.8 Å². The second-order valence-electron chi connectivity index (χ2n) is 2.11. The van der Waals surface area contributed by atoms with Crippen LogP contribution in [0.2, 0.25) is 0 Å². The lowest BCUT2D eigenvalue weighted by Crippen LogP contribution is -2.30. The largest absolute Gasteiger partial charge is 0.449 e. The van der Waals surface area contributed by atoms with Gasteiger partial charge < -0.3 is 13.2 Å². The van der Waals surface area contributed by atoms with Crippen LogP contribution in [0, 0.1) is 0 Å². The first-order chi connectivity index (χ1) is 4.27. The fraction of sp³-hybridized carbons (Fsp3) is 1.00. The zero-order chi connectivity index (χ0) is 7.11. The first-order valence-electron chi connectivity index (χ1n) is 3.07. The molecule has 3 nitrogen and oxygen atoms in total. The van der Waals surface area contributed by atoms with Crippen LogP contribution in [-0.2, 0) is 8.23 Å². The highest BCUT2D eigenvalue weighted by Crippen LogP contribution is 1.72. The number of nitrogens with one attached hydrogen (secondary N) is 1. The Morgan fingerprint density at radius 1 is 1.56 bits per heavy atom. The third-order valence-corrected chi connectivity index (χ3v) is 4.20. The van der Waals surface area contributed by atoms with E-state index in [1.165, 1.54) is 0 Å². The molecule has 0 aromatic heterocycles. The van der Waals surface area contributed by atoms with Crippen LogP contribution < -0.4 is 4.98 Å². The smallest absolute Gasteiger partial charge is 0.283 e. The lowest BCUT2D eigenvalue weighted by molar-refractivity contribution is 0.489. The molecule has 6 heteroatoms. The summed E-state index contributed by atoms with van der Waals surface area (Å²) in [4.78, 5) is 3.27. The molecule has 0 saturated heterocycles. The highest BCUT2D eigenvalue weighted by atomic mass is 28.3. The van der Waals surface area contributed by atoms with Crippen molar-refractivity contribution >= 4 is 30.4 Å². The molecule has 0 aliphatic rings. The Morgan fingerprint density at radius 3 is 2.67 bits per heavy atom. The molecule has 0 spiro atoms. The van der Waals surface area contributed by atoms with Gasteiger partial charge in [-0.25, -0.2) is 0 Å². The number of rotatable bonds is 5. The van der Waals surface area contributed by atoms with Crippen LogP contribution in [-0.4, -0.2) is 36.5 Å². The second kappa shape index (κ2) is 6.65. The van der Waals surface area contributed by atoms with Gasteiger partial charge in [0.25, 0.3) is 10.0 Å². The predicted molar refractivity (Wildman–Crippen MR) is 47.5 cm³/mol. The zero-order valence-corrected chi connectivity index (χ0v) is 11.1. The summed E-state index contributed by atoms with van der Waals surface area (Å²) in [6.45, 7) is 4.25. The van der Waals surface area contributed by atoms with Crippen molar-refractivity contribution in [1.29, 1.82) is 0 Å². The van der Waals surface area contributed by atoms with Gasteiger partial charge in [0, 0.05) is 0 Å². The van der Waals surface area contributed by atoms with E-state index in [4.69, 9.17) is 8.23 Å². The van der Waals surface area contributed by atoms with Gasteiger partial charge in [-0.3, -0.25) is 0 Å². The van der Waals surface area contributed by atoms with Crippen molar-refractivity contribution in [3.63, 3.8) is 0 Å². The standard InChI is InChI=1S/C3H15NO2Si3/c1-3(2)4-8-6-9-5-7/h3-4H,8-9H2,1-2,7H3. The first kappa shape index (κ1) is 9.53. The molecule has 0 radical (unpaired) electrons. The second-order valence-corrected chi connectivity index (χ2v) is 6.99. The van der Waals surface area contributed by atoms with Crippen molar-refractivity contribution in [2.24, 2.45) is 0 Å². The topological polar surface area (TPSA) is 30.5 Å². The number of hydrogen-bond donors (Lipinski definition) is 1. The van der Waals surface area contributed by atoms with Gasteiger partial charge in [0.1, 0.15) is 10.5 Å². The molecule has 9 heavy (non-hydrogen) atoms. The molecule has 0 amide bonds. The molecule has 56 valence electrons. The van der Waals surface area contributed by atoms with E-state index < -0.39 is 19.9 Å². The van der Waals surface area contributed by atoms with E-state index in [9.17, 15) is 0 Å². The summed E-state index contributed by atoms with van der Waals surface area (Å²) in [5.74, 6) is 0. The van der Waals surface area contributed by atoms with Crippen LogP contribution in [0.25, 0.3) is 0 Å². The Labute approximate surface area is 64.1 Å². The molecular formula is C3H15NO2Si3. The van der Waals surface area contributed by atoms with E-state index in [2.05, 4.69) is 18.8 Å². The van der Waals surface area contributed by atoms with E-state index in [1.807, 2.05) is 0 Å². The molecule has 0 atom stereocenters. The maximum Gasteiger partial charge on any atom is 0.283 e. The average molecular weight is 181 g/mol. The van der Waals surface area contributed by atoms with Gasteiger partial charge in [-0.2, -0.15) is 0 Å². The number of hydrogen-bond acceptors (Lipinski definition) is 3. The average Bonchev–Trinajstić information content (AvgIpc) is 1.80. The molecule has 0 rings (SSSR count).